The number of aryl methyl sites for hydroxylation is 1. The molecule has 2 nitrogen and oxygen atoms in total. The number of para-hydroxylation sites is 4. The first kappa shape index (κ1) is 36.7. The summed E-state index contributed by atoms with van der Waals surface area (Å²) in [5.74, 6) is 0. The van der Waals surface area contributed by atoms with Gasteiger partial charge in [0.05, 0.1) is 0 Å². The Morgan fingerprint density at radius 3 is 1.45 bits per heavy atom. The van der Waals surface area contributed by atoms with Crippen molar-refractivity contribution in [2.45, 2.75) is 25.7 Å². The maximum atomic E-state index is 2.49. The molecule has 0 radical (unpaired) electrons. The quantitative estimate of drug-likeness (QED) is 0.163. The third kappa shape index (κ3) is 5.72. The zero-order chi connectivity index (χ0) is 42.6. The number of benzene rings is 10. The van der Waals surface area contributed by atoms with Crippen LogP contribution in [0.15, 0.2) is 200 Å². The summed E-state index contributed by atoms with van der Waals surface area (Å²) in [6.45, 7) is 0. The molecule has 3 heteroatoms. The van der Waals surface area contributed by atoms with E-state index in [1.807, 2.05) is 11.3 Å². The first-order valence-corrected chi connectivity index (χ1v) is 23.7. The van der Waals surface area contributed by atoms with Crippen LogP contribution in [-0.4, -0.2) is 0 Å². The van der Waals surface area contributed by atoms with Gasteiger partial charge in [0.1, 0.15) is 0 Å². The Bertz CT molecular complexity index is 3720. The highest BCUT2D eigenvalue weighted by Gasteiger charge is 2.28. The van der Waals surface area contributed by atoms with Crippen LogP contribution in [0.25, 0.3) is 70.7 Å². The molecule has 14 rings (SSSR count). The SMILES string of the molecule is C1=Cc2c(sc3ccc(-c4c5ccc(N6c7ccccc7Cc7ccccc76)cc5c(-c5ccc6ccccc6c5)c5ccc(N6c7ccccc7Cc7ccccc76)cc45)cc23)CC1. The smallest absolute Gasteiger partial charge is 0.0497 e. The van der Waals surface area contributed by atoms with Crippen molar-refractivity contribution < 1.29 is 0 Å². The molecule has 1 aromatic heterocycles. The Kier molecular flexibility index (Phi) is 8.14. The summed E-state index contributed by atoms with van der Waals surface area (Å²) in [6.07, 6.45) is 8.78. The van der Waals surface area contributed by atoms with Gasteiger partial charge in [-0.2, -0.15) is 0 Å². The minimum Gasteiger partial charge on any atom is -0.310 e. The highest BCUT2D eigenvalue weighted by atomic mass is 32.1. The molecule has 0 fully saturated rings. The van der Waals surface area contributed by atoms with Crippen LogP contribution in [0.1, 0.15) is 39.1 Å². The standard InChI is InChI=1S/C62H42N2S/c1-2-14-40-33-45(26-25-39(40)13-1)61-50-30-28-48(64-57-22-10-5-17-43(57)35-44-18-6-11-23-58(44)64)38-54(50)62(46-27-32-60-52(36-46)49-19-7-12-24-59(49)65-60)51-31-29-47(37-53(51)61)63-55-20-8-3-15-41(55)34-42-16-4-9-21-56(42)63/h1-11,13-23,25-33,36-38H,12,24,34-35H2. The topological polar surface area (TPSA) is 6.48 Å². The Hall–Kier alpha value is -7.72. The van der Waals surface area contributed by atoms with Gasteiger partial charge >= 0.3 is 0 Å². The molecular formula is C62H42N2S. The molecule has 0 unspecified atom stereocenters. The zero-order valence-corrected chi connectivity index (χ0v) is 36.6. The number of hydrogen-bond donors (Lipinski definition) is 0. The number of nitrogens with zero attached hydrogens (tertiary/aromatic N) is 2. The predicted molar refractivity (Wildman–Crippen MR) is 278 cm³/mol. The summed E-state index contributed by atoms with van der Waals surface area (Å²) in [5, 5.41) is 8.83. The van der Waals surface area contributed by atoms with Gasteiger partial charge in [-0.15, -0.1) is 11.3 Å². The molecule has 3 aliphatic rings. The van der Waals surface area contributed by atoms with Crippen LogP contribution in [0.5, 0.6) is 0 Å². The van der Waals surface area contributed by atoms with Crippen LogP contribution in [0.4, 0.5) is 34.1 Å². The Balaban J connectivity index is 1.10. The van der Waals surface area contributed by atoms with Gasteiger partial charge in [-0.1, -0.05) is 140 Å². The maximum Gasteiger partial charge on any atom is 0.0497 e. The molecule has 0 amide bonds. The average molecular weight is 847 g/mol. The van der Waals surface area contributed by atoms with Gasteiger partial charge in [0, 0.05) is 61.9 Å². The van der Waals surface area contributed by atoms with Gasteiger partial charge in [-0.25, -0.2) is 0 Å². The maximum absolute atomic E-state index is 2.49. The molecular weight excluding hydrogens is 805 g/mol. The fourth-order valence-corrected chi connectivity index (χ4v) is 12.5. The fraction of sp³-hybridized carbons (Fsp3) is 0.0645. The lowest BCUT2D eigenvalue weighted by Crippen LogP contribution is -2.18. The summed E-state index contributed by atoms with van der Waals surface area (Å²) in [4.78, 5) is 6.48. The summed E-state index contributed by atoms with van der Waals surface area (Å²) in [5.41, 5.74) is 19.1. The largest absolute Gasteiger partial charge is 0.310 e. The third-order valence-corrected chi connectivity index (χ3v) is 15.5. The van der Waals surface area contributed by atoms with Crippen molar-refractivity contribution >= 4 is 93.9 Å². The Morgan fingerprint density at radius 1 is 0.385 bits per heavy atom. The van der Waals surface area contributed by atoms with E-state index in [-0.39, 0.29) is 0 Å². The number of hydrogen-bond acceptors (Lipinski definition) is 3. The minimum absolute atomic E-state index is 0.922. The van der Waals surface area contributed by atoms with Crippen molar-refractivity contribution in [2.75, 3.05) is 9.80 Å². The van der Waals surface area contributed by atoms with Gasteiger partial charge in [0.25, 0.3) is 0 Å². The Labute approximate surface area is 382 Å². The van der Waals surface area contributed by atoms with Crippen molar-refractivity contribution in [3.8, 4) is 22.3 Å². The van der Waals surface area contributed by atoms with Crippen LogP contribution >= 0.6 is 11.3 Å². The van der Waals surface area contributed by atoms with Gasteiger partial charge in [-0.05, 0) is 162 Å². The van der Waals surface area contributed by atoms with Crippen molar-refractivity contribution in [2.24, 2.45) is 0 Å². The number of rotatable bonds is 4. The summed E-state index contributed by atoms with van der Waals surface area (Å²) >= 11 is 1.96. The highest BCUT2D eigenvalue weighted by Crippen LogP contribution is 2.52. The van der Waals surface area contributed by atoms with Crippen LogP contribution in [-0.2, 0) is 19.3 Å². The molecule has 2 aliphatic heterocycles. The number of fused-ring (bicyclic) bond motifs is 10. The first-order chi connectivity index (χ1) is 32.2. The number of anilines is 6. The lowest BCUT2D eigenvalue weighted by Gasteiger charge is -2.34. The molecule has 11 aromatic rings. The van der Waals surface area contributed by atoms with E-state index >= 15 is 0 Å². The molecule has 0 saturated carbocycles. The highest BCUT2D eigenvalue weighted by molar-refractivity contribution is 7.19. The lowest BCUT2D eigenvalue weighted by atomic mass is 9.84. The normalized spacial score (nSPS) is 13.8. The van der Waals surface area contributed by atoms with E-state index in [0.29, 0.717) is 0 Å². The second kappa shape index (κ2) is 14.4. The van der Waals surface area contributed by atoms with Crippen LogP contribution in [0.2, 0.25) is 0 Å². The van der Waals surface area contributed by atoms with Gasteiger partial charge < -0.3 is 9.80 Å². The van der Waals surface area contributed by atoms with Gasteiger partial charge in [0.15, 0.2) is 0 Å². The van der Waals surface area contributed by atoms with Crippen LogP contribution < -0.4 is 9.80 Å². The molecule has 1 aliphatic carbocycles. The van der Waals surface area contributed by atoms with Crippen LogP contribution in [0, 0.1) is 0 Å². The minimum atomic E-state index is 0.922. The van der Waals surface area contributed by atoms with Gasteiger partial charge in [-0.3, -0.25) is 0 Å². The molecule has 306 valence electrons. The fourth-order valence-electron chi connectivity index (χ4n) is 11.3. The molecule has 0 atom stereocenters. The second-order valence-electron chi connectivity index (χ2n) is 17.9. The molecule has 10 aromatic carbocycles. The van der Waals surface area contributed by atoms with Crippen molar-refractivity contribution in [3.63, 3.8) is 0 Å². The second-order valence-corrected chi connectivity index (χ2v) is 19.0. The van der Waals surface area contributed by atoms with Gasteiger partial charge in [0.2, 0.25) is 0 Å². The molecule has 3 heterocycles. The molecule has 0 spiro atoms. The zero-order valence-electron chi connectivity index (χ0n) is 35.8. The van der Waals surface area contributed by atoms with Crippen molar-refractivity contribution in [1.82, 2.24) is 0 Å². The van der Waals surface area contributed by atoms with Crippen molar-refractivity contribution in [3.05, 3.63) is 233 Å². The van der Waals surface area contributed by atoms with E-state index in [1.165, 1.54) is 120 Å². The molecule has 0 bridgehead atoms. The van der Waals surface area contributed by atoms with E-state index in [0.717, 1.165) is 37.1 Å². The van der Waals surface area contributed by atoms with Crippen LogP contribution in [0.3, 0.4) is 0 Å². The summed E-state index contributed by atoms with van der Waals surface area (Å²) in [6, 6.07) is 73.4. The molecule has 0 saturated heterocycles. The Morgan fingerprint density at radius 2 is 0.877 bits per heavy atom. The van der Waals surface area contributed by atoms with Crippen molar-refractivity contribution in [1.29, 1.82) is 0 Å². The predicted octanol–water partition coefficient (Wildman–Crippen LogP) is 17.4. The van der Waals surface area contributed by atoms with E-state index < -0.39 is 0 Å². The molecule has 65 heavy (non-hydrogen) atoms. The summed E-state index contributed by atoms with van der Waals surface area (Å²) in [7, 11) is 0. The number of allylic oxidation sites excluding steroid dienone is 1. The van der Waals surface area contributed by atoms with E-state index in [4.69, 9.17) is 0 Å². The lowest BCUT2D eigenvalue weighted by molar-refractivity contribution is 1.02. The van der Waals surface area contributed by atoms with E-state index in [1.54, 1.807) is 0 Å². The first-order valence-electron chi connectivity index (χ1n) is 22.9. The monoisotopic (exact) mass is 846 g/mol. The van der Waals surface area contributed by atoms with E-state index in [9.17, 15) is 0 Å². The van der Waals surface area contributed by atoms with E-state index in [2.05, 4.69) is 216 Å². The summed E-state index contributed by atoms with van der Waals surface area (Å²) < 4.78 is 1.36. The third-order valence-electron chi connectivity index (χ3n) is 14.2. The number of thiophene rings is 1. The molecule has 0 N–H and O–H groups in total. The average Bonchev–Trinajstić information content (AvgIpc) is 3.74.